The Labute approximate surface area is 150 Å². The van der Waals surface area contributed by atoms with Crippen LogP contribution in [0.5, 0.6) is 0 Å². The van der Waals surface area contributed by atoms with Crippen molar-refractivity contribution in [2.75, 3.05) is 6.54 Å². The molecule has 0 unspecified atom stereocenters. The first-order chi connectivity index (χ1) is 11.6. The third-order valence-electron chi connectivity index (χ3n) is 3.60. The van der Waals surface area contributed by atoms with Crippen molar-refractivity contribution in [3.8, 4) is 11.3 Å². The van der Waals surface area contributed by atoms with E-state index in [0.29, 0.717) is 11.4 Å². The lowest BCUT2D eigenvalue weighted by Crippen LogP contribution is -2.25. The molecule has 122 valence electrons. The molecule has 0 saturated heterocycles. The van der Waals surface area contributed by atoms with Gasteiger partial charge in [-0.15, -0.1) is 11.3 Å². The van der Waals surface area contributed by atoms with E-state index >= 15 is 0 Å². The van der Waals surface area contributed by atoms with Crippen molar-refractivity contribution in [2.24, 2.45) is 0 Å². The lowest BCUT2D eigenvalue weighted by molar-refractivity contribution is 0.0958. The van der Waals surface area contributed by atoms with Crippen LogP contribution in [0.1, 0.15) is 20.2 Å². The van der Waals surface area contributed by atoms with E-state index in [1.165, 1.54) is 11.3 Å². The van der Waals surface area contributed by atoms with Crippen LogP contribution in [-0.4, -0.2) is 17.4 Å². The van der Waals surface area contributed by atoms with E-state index in [-0.39, 0.29) is 5.91 Å². The number of hydrogen-bond acceptors (Lipinski definition) is 3. The average molecular weight is 357 g/mol. The lowest BCUT2D eigenvalue weighted by Gasteiger charge is -2.06. The van der Waals surface area contributed by atoms with E-state index in [2.05, 4.69) is 10.3 Å². The second-order valence-electron chi connectivity index (χ2n) is 5.41. The highest BCUT2D eigenvalue weighted by atomic mass is 35.5. The molecule has 3 nitrogen and oxygen atoms in total. The zero-order valence-corrected chi connectivity index (χ0v) is 14.8. The number of benzene rings is 2. The normalized spacial score (nSPS) is 10.6. The highest BCUT2D eigenvalue weighted by Crippen LogP contribution is 2.27. The van der Waals surface area contributed by atoms with Gasteiger partial charge in [0.1, 0.15) is 4.88 Å². The summed E-state index contributed by atoms with van der Waals surface area (Å²) in [5.41, 5.74) is 2.86. The number of amides is 1. The first kappa shape index (κ1) is 16.7. The molecule has 24 heavy (non-hydrogen) atoms. The minimum Gasteiger partial charge on any atom is -0.351 e. The number of thiazole rings is 1. The highest BCUT2D eigenvalue weighted by Gasteiger charge is 2.17. The smallest absolute Gasteiger partial charge is 0.263 e. The molecule has 3 rings (SSSR count). The van der Waals surface area contributed by atoms with Crippen molar-refractivity contribution in [1.82, 2.24) is 10.3 Å². The first-order valence-corrected chi connectivity index (χ1v) is 8.88. The van der Waals surface area contributed by atoms with Crippen molar-refractivity contribution >= 4 is 28.8 Å². The largest absolute Gasteiger partial charge is 0.351 e. The lowest BCUT2D eigenvalue weighted by atomic mass is 10.1. The third-order valence-corrected chi connectivity index (χ3v) is 4.82. The Kier molecular flexibility index (Phi) is 5.28. The molecule has 0 fully saturated rings. The molecule has 1 aromatic heterocycles. The number of carbonyl (C=O) groups excluding carboxylic acids is 1. The van der Waals surface area contributed by atoms with Crippen LogP contribution in [-0.2, 0) is 6.42 Å². The summed E-state index contributed by atoms with van der Waals surface area (Å²) < 4.78 is 0. The fourth-order valence-corrected chi connectivity index (χ4v) is 3.41. The van der Waals surface area contributed by atoms with Gasteiger partial charge >= 0.3 is 0 Å². The monoisotopic (exact) mass is 356 g/mol. The summed E-state index contributed by atoms with van der Waals surface area (Å²) in [5.74, 6) is -0.0755. The molecule has 0 saturated carbocycles. The van der Waals surface area contributed by atoms with E-state index < -0.39 is 0 Å². The Bertz CT molecular complexity index is 828. The summed E-state index contributed by atoms with van der Waals surface area (Å²) in [6, 6.07) is 17.5. The predicted molar refractivity (Wildman–Crippen MR) is 99.8 cm³/mol. The Morgan fingerprint density at radius 1 is 1.12 bits per heavy atom. The van der Waals surface area contributed by atoms with Gasteiger partial charge in [-0.05, 0) is 31.0 Å². The Balaban J connectivity index is 1.68. The molecule has 1 heterocycles. The SMILES string of the molecule is Cc1nc(-c2ccccc2)c(C(=O)NCCc2ccc(Cl)cc2)s1. The van der Waals surface area contributed by atoms with Crippen LogP contribution in [0.3, 0.4) is 0 Å². The fourth-order valence-electron chi connectivity index (χ4n) is 2.42. The number of nitrogens with zero attached hydrogens (tertiary/aromatic N) is 1. The fraction of sp³-hybridized carbons (Fsp3) is 0.158. The van der Waals surface area contributed by atoms with Crippen molar-refractivity contribution in [2.45, 2.75) is 13.3 Å². The quantitative estimate of drug-likeness (QED) is 0.717. The van der Waals surface area contributed by atoms with Gasteiger partial charge in [0.15, 0.2) is 0 Å². The van der Waals surface area contributed by atoms with Gasteiger partial charge < -0.3 is 5.32 Å². The van der Waals surface area contributed by atoms with Crippen LogP contribution in [0.25, 0.3) is 11.3 Å². The molecule has 0 atom stereocenters. The summed E-state index contributed by atoms with van der Waals surface area (Å²) in [7, 11) is 0. The molecule has 1 N–H and O–H groups in total. The maximum absolute atomic E-state index is 12.5. The Hall–Kier alpha value is -2.17. The minimum atomic E-state index is -0.0755. The van der Waals surface area contributed by atoms with E-state index in [1.807, 2.05) is 61.5 Å². The molecular formula is C19H17ClN2OS. The van der Waals surface area contributed by atoms with E-state index in [0.717, 1.165) is 33.3 Å². The van der Waals surface area contributed by atoms with Crippen molar-refractivity contribution in [3.63, 3.8) is 0 Å². The molecule has 0 radical (unpaired) electrons. The van der Waals surface area contributed by atoms with Gasteiger partial charge in [-0.2, -0.15) is 0 Å². The summed E-state index contributed by atoms with van der Waals surface area (Å²) in [6.07, 6.45) is 0.765. The molecule has 0 bridgehead atoms. The second kappa shape index (κ2) is 7.60. The Morgan fingerprint density at radius 2 is 1.83 bits per heavy atom. The van der Waals surface area contributed by atoms with E-state index in [4.69, 9.17) is 11.6 Å². The van der Waals surface area contributed by atoms with E-state index in [1.54, 1.807) is 0 Å². The number of hydrogen-bond donors (Lipinski definition) is 1. The third kappa shape index (κ3) is 4.02. The van der Waals surface area contributed by atoms with Crippen LogP contribution < -0.4 is 5.32 Å². The highest BCUT2D eigenvalue weighted by molar-refractivity contribution is 7.14. The first-order valence-electron chi connectivity index (χ1n) is 7.69. The molecule has 1 amide bonds. The van der Waals surface area contributed by atoms with Gasteiger partial charge in [-0.1, -0.05) is 54.1 Å². The van der Waals surface area contributed by atoms with Gasteiger partial charge in [0.2, 0.25) is 0 Å². The number of rotatable bonds is 5. The van der Waals surface area contributed by atoms with Crippen LogP contribution in [0.2, 0.25) is 5.02 Å². The molecule has 5 heteroatoms. The second-order valence-corrected chi connectivity index (χ2v) is 7.05. The zero-order chi connectivity index (χ0) is 16.9. The molecule has 2 aromatic carbocycles. The number of halogens is 1. The van der Waals surface area contributed by atoms with Gasteiger partial charge in [-0.3, -0.25) is 4.79 Å². The van der Waals surface area contributed by atoms with Crippen molar-refractivity contribution in [1.29, 1.82) is 0 Å². The molecule has 0 spiro atoms. The molecule has 3 aromatic rings. The zero-order valence-electron chi connectivity index (χ0n) is 13.3. The van der Waals surface area contributed by atoms with Crippen molar-refractivity contribution < 1.29 is 4.79 Å². The minimum absolute atomic E-state index is 0.0755. The standard InChI is InChI=1S/C19H17ClN2OS/c1-13-22-17(15-5-3-2-4-6-15)18(24-13)19(23)21-12-11-14-7-9-16(20)10-8-14/h2-10H,11-12H2,1H3,(H,21,23). The Morgan fingerprint density at radius 3 is 2.54 bits per heavy atom. The maximum Gasteiger partial charge on any atom is 0.263 e. The number of aromatic nitrogens is 1. The van der Waals surface area contributed by atoms with Crippen LogP contribution >= 0.6 is 22.9 Å². The molecule has 0 aliphatic rings. The van der Waals surface area contributed by atoms with Gasteiger partial charge in [0.05, 0.1) is 10.7 Å². The van der Waals surface area contributed by atoms with Gasteiger partial charge in [-0.25, -0.2) is 4.98 Å². The number of nitrogens with one attached hydrogen (secondary N) is 1. The molecule has 0 aliphatic heterocycles. The number of aryl methyl sites for hydroxylation is 1. The summed E-state index contributed by atoms with van der Waals surface area (Å²) in [5, 5.41) is 4.59. The van der Waals surface area contributed by atoms with Gasteiger partial charge in [0, 0.05) is 17.1 Å². The van der Waals surface area contributed by atoms with Crippen molar-refractivity contribution in [3.05, 3.63) is 75.1 Å². The van der Waals surface area contributed by atoms with Crippen LogP contribution in [0.15, 0.2) is 54.6 Å². The topological polar surface area (TPSA) is 42.0 Å². The van der Waals surface area contributed by atoms with Gasteiger partial charge in [0.25, 0.3) is 5.91 Å². The number of carbonyl (C=O) groups is 1. The predicted octanol–water partition coefficient (Wildman–Crippen LogP) is 4.74. The average Bonchev–Trinajstić information content (AvgIpc) is 2.99. The summed E-state index contributed by atoms with van der Waals surface area (Å²) in [4.78, 5) is 17.7. The van der Waals surface area contributed by atoms with Crippen LogP contribution in [0, 0.1) is 6.92 Å². The summed E-state index contributed by atoms with van der Waals surface area (Å²) >= 11 is 7.30. The molecular weight excluding hydrogens is 340 g/mol. The van der Waals surface area contributed by atoms with E-state index in [9.17, 15) is 4.79 Å². The summed E-state index contributed by atoms with van der Waals surface area (Å²) in [6.45, 7) is 2.49. The molecule has 0 aliphatic carbocycles. The van der Waals surface area contributed by atoms with Crippen LogP contribution in [0.4, 0.5) is 0 Å². The maximum atomic E-state index is 12.5.